The van der Waals surface area contributed by atoms with E-state index >= 15 is 0 Å². The molecule has 0 amide bonds. The van der Waals surface area contributed by atoms with Gasteiger partial charge in [0.25, 0.3) is 0 Å². The van der Waals surface area contributed by atoms with Gasteiger partial charge in [-0.3, -0.25) is 4.57 Å². The summed E-state index contributed by atoms with van der Waals surface area (Å²) in [7, 11) is 0. The van der Waals surface area contributed by atoms with E-state index in [4.69, 9.17) is 0 Å². The summed E-state index contributed by atoms with van der Waals surface area (Å²) in [6, 6.07) is 7.67. The van der Waals surface area contributed by atoms with E-state index in [1.54, 1.807) is 4.57 Å². The molecule has 0 aliphatic carbocycles. The summed E-state index contributed by atoms with van der Waals surface area (Å²) < 4.78 is 1.62. The van der Waals surface area contributed by atoms with Crippen molar-refractivity contribution in [2.45, 2.75) is 6.92 Å². The zero-order valence-corrected chi connectivity index (χ0v) is 8.12. The summed E-state index contributed by atoms with van der Waals surface area (Å²) in [5.41, 5.74) is 2.01. The van der Waals surface area contributed by atoms with Crippen molar-refractivity contribution in [3.63, 3.8) is 0 Å². The molecule has 0 radical (unpaired) electrons. The summed E-state index contributed by atoms with van der Waals surface area (Å²) in [6.07, 6.45) is 2.83. The second-order valence-electron chi connectivity index (χ2n) is 3.23. The van der Waals surface area contributed by atoms with Crippen LogP contribution >= 0.6 is 0 Å². The average molecular weight is 203 g/mol. The number of nitrogens with zero attached hydrogens (tertiary/aromatic N) is 3. The van der Waals surface area contributed by atoms with Crippen LogP contribution in [0.4, 0.5) is 5.82 Å². The number of aromatic nitrogens is 2. The predicted molar refractivity (Wildman–Crippen MR) is 55.0 cm³/mol. The second-order valence-corrected chi connectivity index (χ2v) is 3.23. The monoisotopic (exact) mass is 203 g/mol. The van der Waals surface area contributed by atoms with Crippen LogP contribution in [0.2, 0.25) is 0 Å². The number of benzene rings is 1. The molecule has 0 unspecified atom stereocenters. The summed E-state index contributed by atoms with van der Waals surface area (Å²) in [5.74, 6) is -0.143. The fourth-order valence-corrected chi connectivity index (χ4v) is 1.26. The molecular weight excluding hydrogens is 194 g/mol. The van der Waals surface area contributed by atoms with Crippen LogP contribution in [-0.2, 0) is 0 Å². The van der Waals surface area contributed by atoms with Crippen LogP contribution in [-0.4, -0.2) is 14.5 Å². The lowest BCUT2D eigenvalue weighted by Crippen LogP contribution is -1.90. The van der Waals surface area contributed by atoms with E-state index in [0.717, 1.165) is 11.3 Å². The normalized spacial score (nSPS) is 10.2. The first-order valence-electron chi connectivity index (χ1n) is 4.42. The number of hydrogen-bond acceptors (Lipinski definition) is 3. The van der Waals surface area contributed by atoms with Gasteiger partial charge in [-0.15, -0.1) is 0 Å². The highest BCUT2D eigenvalue weighted by Crippen LogP contribution is 2.13. The van der Waals surface area contributed by atoms with Crippen LogP contribution in [0.1, 0.15) is 5.56 Å². The van der Waals surface area contributed by atoms with Crippen molar-refractivity contribution in [2.75, 3.05) is 0 Å². The highest BCUT2D eigenvalue weighted by molar-refractivity contribution is 5.36. The maximum atomic E-state index is 10.4. The van der Waals surface area contributed by atoms with Crippen LogP contribution in [0.5, 0.6) is 0 Å². The van der Waals surface area contributed by atoms with Gasteiger partial charge in [0.15, 0.2) is 0 Å². The third kappa shape index (κ3) is 1.85. The van der Waals surface area contributed by atoms with Crippen molar-refractivity contribution >= 4 is 5.82 Å². The largest absolute Gasteiger partial charge is 0.381 e. The summed E-state index contributed by atoms with van der Waals surface area (Å²) in [4.78, 5) is 13.6. The van der Waals surface area contributed by atoms with Gasteiger partial charge in [0.1, 0.15) is 6.20 Å². The standard InChI is InChI=1S/C10H9N3O2/c1-8-2-4-9(5-3-8)12-6-10(11-7-12)13(14)15/h2-7H,1H3. The van der Waals surface area contributed by atoms with E-state index in [-0.39, 0.29) is 5.82 Å². The van der Waals surface area contributed by atoms with Gasteiger partial charge in [0.05, 0.1) is 0 Å². The first-order chi connectivity index (χ1) is 7.16. The predicted octanol–water partition coefficient (Wildman–Crippen LogP) is 2.09. The summed E-state index contributed by atoms with van der Waals surface area (Å²) in [6.45, 7) is 1.99. The van der Waals surface area contributed by atoms with Crippen molar-refractivity contribution in [1.29, 1.82) is 0 Å². The van der Waals surface area contributed by atoms with Crippen molar-refractivity contribution < 1.29 is 4.92 Å². The van der Waals surface area contributed by atoms with Gasteiger partial charge >= 0.3 is 5.82 Å². The van der Waals surface area contributed by atoms with E-state index in [9.17, 15) is 10.1 Å². The quantitative estimate of drug-likeness (QED) is 0.554. The maximum Gasteiger partial charge on any atom is 0.381 e. The molecule has 0 saturated carbocycles. The highest BCUT2D eigenvalue weighted by Gasteiger charge is 2.10. The molecule has 0 atom stereocenters. The van der Waals surface area contributed by atoms with Gasteiger partial charge in [-0.05, 0) is 29.0 Å². The molecule has 0 saturated heterocycles. The van der Waals surface area contributed by atoms with Crippen molar-refractivity contribution in [2.24, 2.45) is 0 Å². The molecule has 1 heterocycles. The molecule has 0 fully saturated rings. The van der Waals surface area contributed by atoms with E-state index in [1.165, 1.54) is 12.5 Å². The van der Waals surface area contributed by atoms with E-state index in [1.807, 2.05) is 31.2 Å². The van der Waals surface area contributed by atoms with E-state index in [0.29, 0.717) is 0 Å². The topological polar surface area (TPSA) is 61.0 Å². The Bertz CT molecular complexity index is 488. The van der Waals surface area contributed by atoms with E-state index in [2.05, 4.69) is 4.98 Å². The Kier molecular flexibility index (Phi) is 2.21. The number of aryl methyl sites for hydroxylation is 1. The van der Waals surface area contributed by atoms with Crippen LogP contribution in [0, 0.1) is 17.0 Å². The Morgan fingerprint density at radius 2 is 2.00 bits per heavy atom. The molecule has 15 heavy (non-hydrogen) atoms. The SMILES string of the molecule is Cc1ccc(-n2cnc([N+](=O)[O-])c2)cc1. The maximum absolute atomic E-state index is 10.4. The van der Waals surface area contributed by atoms with Crippen LogP contribution in [0.15, 0.2) is 36.8 Å². The van der Waals surface area contributed by atoms with Gasteiger partial charge in [-0.1, -0.05) is 17.7 Å². The smallest absolute Gasteiger partial charge is 0.358 e. The zero-order valence-electron chi connectivity index (χ0n) is 8.12. The Hall–Kier alpha value is -2.17. The minimum absolute atomic E-state index is 0.143. The van der Waals surface area contributed by atoms with Gasteiger partial charge < -0.3 is 10.1 Å². The molecule has 5 nitrogen and oxygen atoms in total. The van der Waals surface area contributed by atoms with Crippen LogP contribution in [0.25, 0.3) is 5.69 Å². The Morgan fingerprint density at radius 1 is 1.33 bits per heavy atom. The van der Waals surface area contributed by atoms with Crippen molar-refractivity contribution in [3.05, 3.63) is 52.5 Å². The molecule has 0 N–H and O–H groups in total. The minimum Gasteiger partial charge on any atom is -0.358 e. The lowest BCUT2D eigenvalue weighted by Gasteiger charge is -1.99. The Labute approximate surface area is 86.1 Å². The Morgan fingerprint density at radius 3 is 2.53 bits per heavy atom. The molecule has 0 bridgehead atoms. The average Bonchev–Trinajstić information content (AvgIpc) is 2.68. The van der Waals surface area contributed by atoms with Crippen LogP contribution < -0.4 is 0 Å². The van der Waals surface area contributed by atoms with Crippen molar-refractivity contribution in [1.82, 2.24) is 9.55 Å². The molecule has 0 aliphatic heterocycles. The lowest BCUT2D eigenvalue weighted by molar-refractivity contribution is -0.389. The van der Waals surface area contributed by atoms with E-state index < -0.39 is 4.92 Å². The third-order valence-electron chi connectivity index (χ3n) is 2.09. The summed E-state index contributed by atoms with van der Waals surface area (Å²) in [5, 5.41) is 10.4. The van der Waals surface area contributed by atoms with Gasteiger partial charge in [-0.2, -0.15) is 0 Å². The fraction of sp³-hybridized carbons (Fsp3) is 0.100. The molecule has 0 aliphatic rings. The molecule has 1 aromatic heterocycles. The van der Waals surface area contributed by atoms with Gasteiger partial charge in [0.2, 0.25) is 6.33 Å². The lowest BCUT2D eigenvalue weighted by atomic mass is 10.2. The molecule has 2 aromatic rings. The van der Waals surface area contributed by atoms with Crippen LogP contribution in [0.3, 0.4) is 0 Å². The number of imidazole rings is 1. The van der Waals surface area contributed by atoms with Crippen molar-refractivity contribution in [3.8, 4) is 5.69 Å². The number of hydrogen-bond donors (Lipinski definition) is 0. The highest BCUT2D eigenvalue weighted by atomic mass is 16.6. The summed E-state index contributed by atoms with van der Waals surface area (Å²) >= 11 is 0. The molecule has 5 heteroatoms. The van der Waals surface area contributed by atoms with Gasteiger partial charge in [-0.25, -0.2) is 0 Å². The van der Waals surface area contributed by atoms with Gasteiger partial charge in [0, 0.05) is 5.69 Å². The minimum atomic E-state index is -0.509. The first-order valence-corrected chi connectivity index (χ1v) is 4.42. The first kappa shape index (κ1) is 9.39. The molecule has 2 rings (SSSR count). The molecule has 76 valence electrons. The fourth-order valence-electron chi connectivity index (χ4n) is 1.26. The number of nitro groups is 1. The number of rotatable bonds is 2. The molecule has 0 spiro atoms. The Balaban J connectivity index is 2.37. The third-order valence-corrected chi connectivity index (χ3v) is 2.09. The second kappa shape index (κ2) is 3.53. The molecule has 1 aromatic carbocycles. The molecular formula is C10H9N3O2. The zero-order chi connectivity index (χ0) is 10.8.